The second-order valence-corrected chi connectivity index (χ2v) is 6.26. The molecule has 2 aromatic carbocycles. The number of amides is 1. The van der Waals surface area contributed by atoms with Crippen LogP contribution in [0, 0.1) is 11.6 Å². The number of hydrogen-bond acceptors (Lipinski definition) is 3. The number of benzene rings is 2. The molecule has 116 valence electrons. The van der Waals surface area contributed by atoms with Crippen molar-refractivity contribution in [2.75, 3.05) is 0 Å². The first-order valence-electron chi connectivity index (χ1n) is 5.82. The van der Waals surface area contributed by atoms with E-state index >= 15 is 0 Å². The molecule has 0 bridgehead atoms. The third-order valence-electron chi connectivity index (χ3n) is 2.61. The quantitative estimate of drug-likeness (QED) is 0.834. The molecule has 0 fully saturated rings. The molecule has 9 heteroatoms. The molecule has 0 unspecified atom stereocenters. The van der Waals surface area contributed by atoms with Gasteiger partial charge in [0.1, 0.15) is 0 Å². The van der Waals surface area contributed by atoms with Crippen LogP contribution in [0.5, 0.6) is 0 Å². The van der Waals surface area contributed by atoms with Crippen LogP contribution in [0.3, 0.4) is 0 Å². The van der Waals surface area contributed by atoms with Gasteiger partial charge in [-0.15, -0.1) is 4.83 Å². The van der Waals surface area contributed by atoms with E-state index in [1.54, 1.807) is 4.83 Å². The van der Waals surface area contributed by atoms with Crippen molar-refractivity contribution in [2.24, 2.45) is 0 Å². The number of hydrazine groups is 1. The highest BCUT2D eigenvalue weighted by Crippen LogP contribution is 2.13. The first-order chi connectivity index (χ1) is 10.3. The van der Waals surface area contributed by atoms with Gasteiger partial charge in [-0.3, -0.25) is 10.2 Å². The SMILES string of the molecule is O=C(NNS(=O)(=O)c1ccc(F)c(F)c1)c1ccc(Cl)cc1. The maximum Gasteiger partial charge on any atom is 0.266 e. The summed E-state index contributed by atoms with van der Waals surface area (Å²) in [5.74, 6) is -3.22. The fourth-order valence-corrected chi connectivity index (χ4v) is 2.47. The third-order valence-corrected chi connectivity index (χ3v) is 4.10. The van der Waals surface area contributed by atoms with Gasteiger partial charge in [0, 0.05) is 10.6 Å². The summed E-state index contributed by atoms with van der Waals surface area (Å²) >= 11 is 5.66. The van der Waals surface area contributed by atoms with Crippen molar-refractivity contribution in [1.82, 2.24) is 10.3 Å². The first-order valence-corrected chi connectivity index (χ1v) is 7.68. The molecule has 2 aromatic rings. The Morgan fingerprint density at radius 1 is 1.00 bits per heavy atom. The second-order valence-electron chi connectivity index (χ2n) is 4.14. The van der Waals surface area contributed by atoms with Crippen LogP contribution < -0.4 is 10.3 Å². The minimum Gasteiger partial charge on any atom is -0.273 e. The predicted octanol–water partition coefficient (Wildman–Crippen LogP) is 2.24. The molecule has 0 atom stereocenters. The van der Waals surface area contributed by atoms with Crippen LogP contribution in [-0.2, 0) is 10.0 Å². The third kappa shape index (κ3) is 3.79. The molecular formula is C13H9ClF2N2O3S. The standard InChI is InChI=1S/C13H9ClF2N2O3S/c14-9-3-1-8(2-4-9)13(19)17-18-22(20,21)10-5-6-11(15)12(16)7-10/h1-7,18H,(H,17,19). The topological polar surface area (TPSA) is 75.3 Å². The molecule has 0 aliphatic heterocycles. The van der Waals surface area contributed by atoms with Crippen molar-refractivity contribution in [3.8, 4) is 0 Å². The van der Waals surface area contributed by atoms with Gasteiger partial charge in [-0.2, -0.15) is 0 Å². The van der Waals surface area contributed by atoms with E-state index in [2.05, 4.69) is 0 Å². The van der Waals surface area contributed by atoms with Gasteiger partial charge in [0.05, 0.1) is 4.90 Å². The van der Waals surface area contributed by atoms with Gasteiger partial charge in [-0.05, 0) is 42.5 Å². The van der Waals surface area contributed by atoms with E-state index in [1.165, 1.54) is 24.3 Å². The van der Waals surface area contributed by atoms with Crippen LogP contribution in [0.15, 0.2) is 47.4 Å². The second kappa shape index (κ2) is 6.39. The van der Waals surface area contributed by atoms with Crippen molar-refractivity contribution < 1.29 is 22.0 Å². The van der Waals surface area contributed by atoms with E-state index in [-0.39, 0.29) is 5.56 Å². The van der Waals surface area contributed by atoms with E-state index < -0.39 is 32.5 Å². The fraction of sp³-hybridized carbons (Fsp3) is 0. The zero-order valence-electron chi connectivity index (χ0n) is 10.8. The summed E-state index contributed by atoms with van der Waals surface area (Å²) in [6, 6.07) is 7.75. The fourth-order valence-electron chi connectivity index (χ4n) is 1.49. The van der Waals surface area contributed by atoms with Crippen molar-refractivity contribution in [3.05, 3.63) is 64.7 Å². The van der Waals surface area contributed by atoms with Crippen LogP contribution in [0.1, 0.15) is 10.4 Å². The Morgan fingerprint density at radius 3 is 2.23 bits per heavy atom. The monoisotopic (exact) mass is 346 g/mol. The van der Waals surface area contributed by atoms with Gasteiger partial charge >= 0.3 is 0 Å². The first kappa shape index (κ1) is 16.3. The lowest BCUT2D eigenvalue weighted by Crippen LogP contribution is -2.41. The van der Waals surface area contributed by atoms with Crippen molar-refractivity contribution in [2.45, 2.75) is 4.90 Å². The van der Waals surface area contributed by atoms with E-state index in [1.807, 2.05) is 5.43 Å². The van der Waals surface area contributed by atoms with Gasteiger partial charge in [0.2, 0.25) is 0 Å². The lowest BCUT2D eigenvalue weighted by Gasteiger charge is -2.08. The molecule has 0 radical (unpaired) electrons. The average Bonchev–Trinajstić information content (AvgIpc) is 2.48. The van der Waals surface area contributed by atoms with Gasteiger partial charge in [0.15, 0.2) is 11.6 Å². The molecular weight excluding hydrogens is 338 g/mol. The van der Waals surface area contributed by atoms with Crippen molar-refractivity contribution in [3.63, 3.8) is 0 Å². The molecule has 0 saturated heterocycles. The molecule has 0 saturated carbocycles. The normalized spacial score (nSPS) is 11.2. The number of nitrogens with one attached hydrogen (secondary N) is 2. The summed E-state index contributed by atoms with van der Waals surface area (Å²) in [5, 5.41) is 0.416. The summed E-state index contributed by atoms with van der Waals surface area (Å²) in [4.78, 5) is 13.0. The van der Waals surface area contributed by atoms with E-state index in [0.717, 1.165) is 6.07 Å². The van der Waals surface area contributed by atoms with Crippen LogP contribution in [0.25, 0.3) is 0 Å². The van der Waals surface area contributed by atoms with Gasteiger partial charge in [-0.25, -0.2) is 17.2 Å². The molecule has 22 heavy (non-hydrogen) atoms. The van der Waals surface area contributed by atoms with Crippen molar-refractivity contribution in [1.29, 1.82) is 0 Å². The number of rotatable bonds is 4. The maximum atomic E-state index is 13.0. The molecule has 2 N–H and O–H groups in total. The zero-order valence-corrected chi connectivity index (χ0v) is 12.4. The summed E-state index contributed by atoms with van der Waals surface area (Å²) in [6.45, 7) is 0. The minimum atomic E-state index is -4.23. The number of carbonyl (C=O) groups is 1. The highest BCUT2D eigenvalue weighted by molar-refractivity contribution is 7.89. The molecule has 2 rings (SSSR count). The Morgan fingerprint density at radius 2 is 1.64 bits per heavy atom. The minimum absolute atomic E-state index is 0.164. The molecule has 0 heterocycles. The number of hydrogen-bond donors (Lipinski definition) is 2. The summed E-state index contributed by atoms with van der Waals surface area (Å²) in [5.41, 5.74) is 2.12. The Labute approximate surface area is 129 Å². The molecule has 0 aromatic heterocycles. The smallest absolute Gasteiger partial charge is 0.266 e. The Balaban J connectivity index is 2.10. The molecule has 0 spiro atoms. The molecule has 5 nitrogen and oxygen atoms in total. The van der Waals surface area contributed by atoms with Gasteiger partial charge in [-0.1, -0.05) is 11.6 Å². The summed E-state index contributed by atoms with van der Waals surface area (Å²) in [6.07, 6.45) is 0. The van der Waals surface area contributed by atoms with Crippen molar-refractivity contribution >= 4 is 27.5 Å². The highest BCUT2D eigenvalue weighted by Gasteiger charge is 2.17. The number of halogens is 3. The summed E-state index contributed by atoms with van der Waals surface area (Å²) in [7, 11) is -4.23. The lowest BCUT2D eigenvalue weighted by atomic mass is 10.2. The van der Waals surface area contributed by atoms with Crippen LogP contribution in [0.2, 0.25) is 5.02 Å². The summed E-state index contributed by atoms with van der Waals surface area (Å²) < 4.78 is 49.5. The highest BCUT2D eigenvalue weighted by atomic mass is 35.5. The molecule has 1 amide bonds. The van der Waals surface area contributed by atoms with Gasteiger partial charge in [0.25, 0.3) is 15.9 Å². The number of sulfonamides is 1. The largest absolute Gasteiger partial charge is 0.273 e. The lowest BCUT2D eigenvalue weighted by molar-refractivity contribution is 0.0945. The van der Waals surface area contributed by atoms with Crippen LogP contribution >= 0.6 is 11.6 Å². The Bertz CT molecular complexity index is 811. The van der Waals surface area contributed by atoms with Gasteiger partial charge < -0.3 is 0 Å². The zero-order chi connectivity index (χ0) is 16.3. The maximum absolute atomic E-state index is 13.0. The van der Waals surface area contributed by atoms with E-state index in [9.17, 15) is 22.0 Å². The van der Waals surface area contributed by atoms with Crippen LogP contribution in [0.4, 0.5) is 8.78 Å². The van der Waals surface area contributed by atoms with E-state index in [4.69, 9.17) is 11.6 Å². The van der Waals surface area contributed by atoms with E-state index in [0.29, 0.717) is 17.2 Å². The average molecular weight is 347 g/mol. The number of carbonyl (C=O) groups excluding carboxylic acids is 1. The predicted molar refractivity (Wildman–Crippen MR) is 75.6 cm³/mol. The molecule has 0 aliphatic carbocycles. The Kier molecular flexibility index (Phi) is 4.74. The molecule has 0 aliphatic rings. The Hall–Kier alpha value is -2.03. The van der Waals surface area contributed by atoms with Crippen LogP contribution in [-0.4, -0.2) is 14.3 Å².